The Bertz CT molecular complexity index is 1330. The lowest BCUT2D eigenvalue weighted by atomic mass is 10.2. The van der Waals surface area contributed by atoms with Crippen molar-refractivity contribution in [2.45, 2.75) is 13.3 Å². The molecule has 4 aromatic rings. The lowest BCUT2D eigenvalue weighted by Crippen LogP contribution is -2.14. The predicted molar refractivity (Wildman–Crippen MR) is 133 cm³/mol. The number of rotatable bonds is 9. The largest absolute Gasteiger partial charge is 0.493 e. The van der Waals surface area contributed by atoms with E-state index < -0.39 is 5.97 Å². The van der Waals surface area contributed by atoms with Crippen LogP contribution >= 0.6 is 11.3 Å². The Morgan fingerprint density at radius 3 is 2.51 bits per heavy atom. The minimum absolute atomic E-state index is 0.146. The van der Waals surface area contributed by atoms with Gasteiger partial charge in [0.05, 0.1) is 38.6 Å². The number of nitrogens with zero attached hydrogens (tertiary/aromatic N) is 3. The first kappa shape index (κ1) is 24.0. The van der Waals surface area contributed by atoms with Crippen molar-refractivity contribution in [2.75, 3.05) is 26.1 Å². The van der Waals surface area contributed by atoms with Crippen LogP contribution in [0.4, 0.5) is 5.69 Å². The number of ether oxygens (including phenoxy) is 3. The van der Waals surface area contributed by atoms with Gasteiger partial charge in [0.25, 0.3) is 0 Å². The molecule has 180 valence electrons. The summed E-state index contributed by atoms with van der Waals surface area (Å²) in [6, 6.07) is 14.3. The highest BCUT2D eigenvalue weighted by Gasteiger charge is 2.13. The number of nitrogens with one attached hydrogen (secondary N) is 1. The number of hydrogen-bond acceptors (Lipinski definition) is 8. The van der Waals surface area contributed by atoms with E-state index in [4.69, 9.17) is 14.2 Å². The van der Waals surface area contributed by atoms with Gasteiger partial charge in [0.1, 0.15) is 5.01 Å². The van der Waals surface area contributed by atoms with E-state index in [2.05, 4.69) is 15.4 Å². The van der Waals surface area contributed by atoms with E-state index in [0.717, 1.165) is 16.3 Å². The van der Waals surface area contributed by atoms with Crippen LogP contribution in [0.2, 0.25) is 0 Å². The molecular weight excluding hydrogens is 468 g/mol. The van der Waals surface area contributed by atoms with Crippen molar-refractivity contribution in [1.82, 2.24) is 14.8 Å². The number of methoxy groups -OCH3 is 2. The maximum atomic E-state index is 12.6. The maximum Gasteiger partial charge on any atom is 0.358 e. The summed E-state index contributed by atoms with van der Waals surface area (Å²) >= 11 is 1.46. The van der Waals surface area contributed by atoms with E-state index in [1.54, 1.807) is 62.4 Å². The van der Waals surface area contributed by atoms with E-state index >= 15 is 0 Å². The minimum atomic E-state index is -0.466. The average molecular weight is 493 g/mol. The zero-order valence-electron chi connectivity index (χ0n) is 19.5. The number of thiazole rings is 1. The van der Waals surface area contributed by atoms with E-state index in [1.165, 1.54) is 11.3 Å². The van der Waals surface area contributed by atoms with Crippen molar-refractivity contribution in [1.29, 1.82) is 0 Å². The molecule has 0 bridgehead atoms. The molecule has 0 fully saturated rings. The van der Waals surface area contributed by atoms with E-state index in [-0.39, 0.29) is 18.0 Å². The number of anilines is 1. The van der Waals surface area contributed by atoms with Gasteiger partial charge >= 0.3 is 5.97 Å². The summed E-state index contributed by atoms with van der Waals surface area (Å²) in [7, 11) is 3.17. The molecule has 0 saturated heterocycles. The topological polar surface area (TPSA) is 105 Å². The van der Waals surface area contributed by atoms with Crippen LogP contribution in [0.5, 0.6) is 11.5 Å². The van der Waals surface area contributed by atoms with Gasteiger partial charge in [0.15, 0.2) is 17.2 Å². The Morgan fingerprint density at radius 1 is 1.03 bits per heavy atom. The van der Waals surface area contributed by atoms with Gasteiger partial charge in [-0.2, -0.15) is 5.10 Å². The fourth-order valence-electron chi connectivity index (χ4n) is 3.34. The zero-order valence-corrected chi connectivity index (χ0v) is 20.3. The second kappa shape index (κ2) is 10.8. The van der Waals surface area contributed by atoms with Crippen LogP contribution in [0.25, 0.3) is 16.3 Å². The minimum Gasteiger partial charge on any atom is -0.493 e. The molecule has 0 aliphatic heterocycles. The number of aromatic nitrogens is 3. The molecule has 1 N–H and O–H groups in total. The molecule has 2 aromatic heterocycles. The summed E-state index contributed by atoms with van der Waals surface area (Å²) in [6.07, 6.45) is 1.83. The molecule has 0 spiro atoms. The van der Waals surface area contributed by atoms with Crippen molar-refractivity contribution in [3.8, 4) is 27.8 Å². The highest BCUT2D eigenvalue weighted by Crippen LogP contribution is 2.33. The van der Waals surface area contributed by atoms with Crippen molar-refractivity contribution >= 4 is 28.9 Å². The third-order valence-corrected chi connectivity index (χ3v) is 5.95. The van der Waals surface area contributed by atoms with E-state index in [1.807, 2.05) is 23.6 Å². The van der Waals surface area contributed by atoms with Crippen LogP contribution in [0.15, 0.2) is 60.1 Å². The highest BCUT2D eigenvalue weighted by atomic mass is 32.1. The third kappa shape index (κ3) is 5.67. The SMILES string of the molecule is CCOC(=O)c1ccn(-c2ccc(NC(=O)Cc3csc(-c4ccc(OC)c(OC)c4)n3)cc2)n1. The number of carbonyl (C=O) groups is 2. The maximum absolute atomic E-state index is 12.6. The Labute approximate surface area is 206 Å². The summed E-state index contributed by atoms with van der Waals surface area (Å²) < 4.78 is 17.2. The normalized spacial score (nSPS) is 10.6. The smallest absolute Gasteiger partial charge is 0.358 e. The van der Waals surface area contributed by atoms with Crippen LogP contribution < -0.4 is 14.8 Å². The van der Waals surface area contributed by atoms with Crippen LogP contribution in [0, 0.1) is 0 Å². The van der Waals surface area contributed by atoms with Gasteiger partial charge in [-0.25, -0.2) is 14.5 Å². The Hall–Kier alpha value is -4.18. The second-order valence-corrected chi connectivity index (χ2v) is 8.21. The molecule has 9 nitrogen and oxygen atoms in total. The summed E-state index contributed by atoms with van der Waals surface area (Å²) in [5, 5.41) is 9.76. The van der Waals surface area contributed by atoms with Gasteiger partial charge in [0, 0.05) is 22.8 Å². The van der Waals surface area contributed by atoms with Crippen LogP contribution in [-0.4, -0.2) is 47.5 Å². The Kier molecular flexibility index (Phi) is 7.41. The number of benzene rings is 2. The van der Waals surface area contributed by atoms with Gasteiger partial charge in [-0.1, -0.05) is 0 Å². The summed E-state index contributed by atoms with van der Waals surface area (Å²) in [4.78, 5) is 28.9. The summed E-state index contributed by atoms with van der Waals surface area (Å²) in [5.41, 5.74) is 3.20. The van der Waals surface area contributed by atoms with Gasteiger partial charge in [-0.15, -0.1) is 11.3 Å². The summed E-state index contributed by atoms with van der Waals surface area (Å²) in [6.45, 7) is 2.03. The lowest BCUT2D eigenvalue weighted by Gasteiger charge is -2.08. The first-order valence-electron chi connectivity index (χ1n) is 10.8. The number of carbonyl (C=O) groups excluding carboxylic acids is 2. The van der Waals surface area contributed by atoms with E-state index in [0.29, 0.717) is 29.5 Å². The highest BCUT2D eigenvalue weighted by molar-refractivity contribution is 7.13. The molecule has 0 radical (unpaired) electrons. The Balaban J connectivity index is 1.37. The molecule has 1 amide bonds. The number of amides is 1. The van der Waals surface area contributed by atoms with Crippen molar-refractivity contribution in [3.05, 3.63) is 71.5 Å². The van der Waals surface area contributed by atoms with Gasteiger partial charge in [-0.05, 0) is 55.5 Å². The third-order valence-electron chi connectivity index (χ3n) is 5.01. The van der Waals surface area contributed by atoms with Gasteiger partial charge in [-0.3, -0.25) is 4.79 Å². The first-order chi connectivity index (χ1) is 17.0. The van der Waals surface area contributed by atoms with Crippen molar-refractivity contribution in [2.24, 2.45) is 0 Å². The monoisotopic (exact) mass is 492 g/mol. The lowest BCUT2D eigenvalue weighted by molar-refractivity contribution is -0.115. The van der Waals surface area contributed by atoms with E-state index in [9.17, 15) is 9.59 Å². The summed E-state index contributed by atoms with van der Waals surface area (Å²) in [5.74, 6) is 0.623. The second-order valence-electron chi connectivity index (χ2n) is 7.35. The van der Waals surface area contributed by atoms with Crippen molar-refractivity contribution < 1.29 is 23.8 Å². The zero-order chi connectivity index (χ0) is 24.8. The number of hydrogen-bond donors (Lipinski definition) is 1. The molecule has 0 saturated carbocycles. The molecule has 0 aliphatic carbocycles. The fraction of sp³-hybridized carbons (Fsp3) is 0.200. The Morgan fingerprint density at radius 2 is 1.80 bits per heavy atom. The number of esters is 1. The molecule has 2 heterocycles. The van der Waals surface area contributed by atoms with Gasteiger partial charge in [0.2, 0.25) is 5.91 Å². The predicted octanol–water partition coefficient (Wildman–Crippen LogP) is 4.37. The van der Waals surface area contributed by atoms with Crippen LogP contribution in [0.1, 0.15) is 23.1 Å². The van der Waals surface area contributed by atoms with Crippen LogP contribution in [-0.2, 0) is 16.0 Å². The molecular formula is C25H24N4O5S. The molecule has 4 rings (SSSR count). The van der Waals surface area contributed by atoms with Gasteiger partial charge < -0.3 is 19.5 Å². The average Bonchev–Trinajstić information content (AvgIpc) is 3.54. The molecule has 2 aromatic carbocycles. The molecule has 0 atom stereocenters. The fourth-order valence-corrected chi connectivity index (χ4v) is 4.16. The molecule has 35 heavy (non-hydrogen) atoms. The quantitative estimate of drug-likeness (QED) is 0.346. The standard InChI is InChI=1S/C25H24N4O5S/c1-4-34-25(31)20-11-12-29(28-20)19-8-6-17(7-9-19)26-23(30)14-18-15-35-24(27-18)16-5-10-21(32-2)22(13-16)33-3/h5-13,15H,4,14H2,1-3H3,(H,26,30). The van der Waals surface area contributed by atoms with Crippen LogP contribution in [0.3, 0.4) is 0 Å². The first-order valence-corrected chi connectivity index (χ1v) is 11.7. The molecule has 0 aliphatic rings. The molecule has 10 heteroatoms. The van der Waals surface area contributed by atoms with Crippen molar-refractivity contribution in [3.63, 3.8) is 0 Å². The molecule has 0 unspecified atom stereocenters.